The van der Waals surface area contributed by atoms with Gasteiger partial charge in [-0.3, -0.25) is 4.68 Å². The second kappa shape index (κ2) is 4.31. The van der Waals surface area contributed by atoms with Gasteiger partial charge in [0.1, 0.15) is 10.8 Å². The molecule has 0 spiro atoms. The van der Waals surface area contributed by atoms with E-state index < -0.39 is 0 Å². The Bertz CT molecular complexity index is 669. The third kappa shape index (κ3) is 1.80. The molecule has 0 aliphatic heterocycles. The van der Waals surface area contributed by atoms with Crippen LogP contribution in [0.15, 0.2) is 48.7 Å². The Hall–Kier alpha value is -2.07. The Labute approximate surface area is 109 Å². The topological polar surface area (TPSA) is 35.6 Å². The van der Waals surface area contributed by atoms with Crippen LogP contribution in [0.2, 0.25) is 5.15 Å². The zero-order valence-corrected chi connectivity index (χ0v) is 10.5. The maximum atomic E-state index is 6.22. The third-order valence-electron chi connectivity index (χ3n) is 2.75. The summed E-state index contributed by atoms with van der Waals surface area (Å²) in [6.07, 6.45) is 1.74. The second-order valence-electron chi connectivity index (χ2n) is 3.94. The molecule has 90 valence electrons. The standard InChI is InChI=1S/C13H11ClN4/c1-17-12(7-8-15-17)11-9-13(14)18(16-11)10-5-3-2-4-6-10/h2-9H,1H3. The molecule has 0 N–H and O–H groups in total. The summed E-state index contributed by atoms with van der Waals surface area (Å²) in [5.74, 6) is 0. The first-order valence-electron chi connectivity index (χ1n) is 5.55. The molecule has 0 amide bonds. The highest BCUT2D eigenvalue weighted by molar-refractivity contribution is 6.30. The Morgan fingerprint density at radius 2 is 1.89 bits per heavy atom. The lowest BCUT2D eigenvalue weighted by Gasteiger charge is -2.01. The van der Waals surface area contributed by atoms with Crippen molar-refractivity contribution < 1.29 is 0 Å². The fraction of sp³-hybridized carbons (Fsp3) is 0.0769. The minimum atomic E-state index is 0.581. The first-order chi connectivity index (χ1) is 8.75. The van der Waals surface area contributed by atoms with Crippen LogP contribution in [0.1, 0.15) is 0 Å². The summed E-state index contributed by atoms with van der Waals surface area (Å²) >= 11 is 6.22. The van der Waals surface area contributed by atoms with Gasteiger partial charge in [-0.1, -0.05) is 29.8 Å². The van der Waals surface area contributed by atoms with Gasteiger partial charge in [0.25, 0.3) is 0 Å². The van der Waals surface area contributed by atoms with Crippen LogP contribution in [0, 0.1) is 0 Å². The second-order valence-corrected chi connectivity index (χ2v) is 4.33. The zero-order valence-electron chi connectivity index (χ0n) is 9.79. The molecule has 0 saturated carbocycles. The van der Waals surface area contributed by atoms with Crippen molar-refractivity contribution in [2.24, 2.45) is 7.05 Å². The molecule has 0 bridgehead atoms. The van der Waals surface area contributed by atoms with Gasteiger partial charge >= 0.3 is 0 Å². The Morgan fingerprint density at radius 3 is 2.56 bits per heavy atom. The van der Waals surface area contributed by atoms with Crippen LogP contribution in [-0.4, -0.2) is 19.6 Å². The number of hydrogen-bond acceptors (Lipinski definition) is 2. The van der Waals surface area contributed by atoms with Crippen LogP contribution in [0.3, 0.4) is 0 Å². The average molecular weight is 259 g/mol. The van der Waals surface area contributed by atoms with Gasteiger partial charge in [0, 0.05) is 19.3 Å². The molecule has 3 aromatic rings. The summed E-state index contributed by atoms with van der Waals surface area (Å²) in [6.45, 7) is 0. The molecular weight excluding hydrogens is 248 g/mol. The molecule has 0 saturated heterocycles. The quantitative estimate of drug-likeness (QED) is 0.709. The number of halogens is 1. The average Bonchev–Trinajstić information content (AvgIpc) is 2.96. The molecular formula is C13H11ClN4. The summed E-state index contributed by atoms with van der Waals surface area (Å²) < 4.78 is 3.48. The first kappa shape index (κ1) is 11.0. The van der Waals surface area contributed by atoms with E-state index in [1.807, 2.05) is 49.5 Å². The maximum Gasteiger partial charge on any atom is 0.133 e. The number of nitrogens with zero attached hydrogens (tertiary/aromatic N) is 4. The molecule has 0 unspecified atom stereocenters. The molecule has 0 aliphatic rings. The molecule has 4 nitrogen and oxygen atoms in total. The smallest absolute Gasteiger partial charge is 0.133 e. The van der Waals surface area contributed by atoms with E-state index in [4.69, 9.17) is 11.6 Å². The number of para-hydroxylation sites is 1. The van der Waals surface area contributed by atoms with Gasteiger partial charge in [-0.15, -0.1) is 0 Å². The monoisotopic (exact) mass is 258 g/mol. The van der Waals surface area contributed by atoms with Crippen molar-refractivity contribution >= 4 is 11.6 Å². The molecule has 1 aromatic carbocycles. The zero-order chi connectivity index (χ0) is 12.5. The molecule has 2 aromatic heterocycles. The van der Waals surface area contributed by atoms with Crippen molar-refractivity contribution in [3.8, 4) is 17.1 Å². The van der Waals surface area contributed by atoms with Crippen molar-refractivity contribution in [3.63, 3.8) is 0 Å². The van der Waals surface area contributed by atoms with Crippen molar-refractivity contribution in [2.45, 2.75) is 0 Å². The Morgan fingerprint density at radius 1 is 1.11 bits per heavy atom. The summed E-state index contributed by atoms with van der Waals surface area (Å²) in [7, 11) is 1.88. The minimum Gasteiger partial charge on any atom is -0.266 e. The van der Waals surface area contributed by atoms with E-state index in [2.05, 4.69) is 10.2 Å². The summed E-state index contributed by atoms with van der Waals surface area (Å²) in [5.41, 5.74) is 2.69. The van der Waals surface area contributed by atoms with Gasteiger partial charge in [0.05, 0.1) is 11.4 Å². The van der Waals surface area contributed by atoms with Gasteiger partial charge in [-0.05, 0) is 18.2 Å². The molecule has 18 heavy (non-hydrogen) atoms. The number of aryl methyl sites for hydroxylation is 1. The number of hydrogen-bond donors (Lipinski definition) is 0. The fourth-order valence-electron chi connectivity index (χ4n) is 1.86. The fourth-order valence-corrected chi connectivity index (χ4v) is 2.10. The van der Waals surface area contributed by atoms with Crippen LogP contribution in [0.4, 0.5) is 0 Å². The maximum absolute atomic E-state index is 6.22. The largest absolute Gasteiger partial charge is 0.266 e. The van der Waals surface area contributed by atoms with Gasteiger partial charge in [-0.25, -0.2) is 4.68 Å². The van der Waals surface area contributed by atoms with Gasteiger partial charge in [0.2, 0.25) is 0 Å². The molecule has 0 radical (unpaired) electrons. The predicted molar refractivity (Wildman–Crippen MR) is 70.8 cm³/mol. The SMILES string of the molecule is Cn1nccc1-c1cc(Cl)n(-c2ccccc2)n1. The lowest BCUT2D eigenvalue weighted by Crippen LogP contribution is -1.98. The highest BCUT2D eigenvalue weighted by Gasteiger charge is 2.11. The van der Waals surface area contributed by atoms with Crippen molar-refractivity contribution in [3.05, 3.63) is 53.8 Å². The third-order valence-corrected chi connectivity index (χ3v) is 3.02. The Balaban J connectivity index is 2.10. The molecule has 5 heteroatoms. The molecule has 2 heterocycles. The van der Waals surface area contributed by atoms with Crippen LogP contribution in [0.5, 0.6) is 0 Å². The predicted octanol–water partition coefficient (Wildman–Crippen LogP) is 2.93. The number of rotatable bonds is 2. The van der Waals surface area contributed by atoms with Crippen LogP contribution >= 0.6 is 11.6 Å². The van der Waals surface area contributed by atoms with Gasteiger partial charge in [0.15, 0.2) is 0 Å². The lowest BCUT2D eigenvalue weighted by molar-refractivity contribution is 0.769. The van der Waals surface area contributed by atoms with E-state index in [9.17, 15) is 0 Å². The number of aromatic nitrogens is 4. The van der Waals surface area contributed by atoms with Crippen molar-refractivity contribution in [1.29, 1.82) is 0 Å². The van der Waals surface area contributed by atoms with Crippen molar-refractivity contribution in [1.82, 2.24) is 19.6 Å². The molecule has 3 rings (SSSR count). The van der Waals surface area contributed by atoms with E-state index >= 15 is 0 Å². The first-order valence-corrected chi connectivity index (χ1v) is 5.93. The summed E-state index contributed by atoms with van der Waals surface area (Å²) in [5, 5.41) is 9.22. The van der Waals surface area contributed by atoms with E-state index in [-0.39, 0.29) is 0 Å². The normalized spacial score (nSPS) is 10.8. The van der Waals surface area contributed by atoms with E-state index in [0.717, 1.165) is 17.1 Å². The molecule has 0 aliphatic carbocycles. The van der Waals surface area contributed by atoms with Gasteiger partial charge < -0.3 is 0 Å². The van der Waals surface area contributed by atoms with E-state index in [0.29, 0.717) is 5.15 Å². The summed E-state index contributed by atoms with van der Waals surface area (Å²) in [4.78, 5) is 0. The minimum absolute atomic E-state index is 0.581. The van der Waals surface area contributed by atoms with E-state index in [1.54, 1.807) is 15.6 Å². The molecule has 0 atom stereocenters. The lowest BCUT2D eigenvalue weighted by atomic mass is 10.3. The van der Waals surface area contributed by atoms with Crippen LogP contribution in [0.25, 0.3) is 17.1 Å². The van der Waals surface area contributed by atoms with Crippen LogP contribution in [-0.2, 0) is 7.05 Å². The summed E-state index contributed by atoms with van der Waals surface area (Å²) in [6, 6.07) is 13.6. The number of benzene rings is 1. The Kier molecular flexibility index (Phi) is 2.64. The highest BCUT2D eigenvalue weighted by Crippen LogP contribution is 2.23. The van der Waals surface area contributed by atoms with E-state index in [1.165, 1.54) is 0 Å². The highest BCUT2D eigenvalue weighted by atomic mass is 35.5. The van der Waals surface area contributed by atoms with Crippen molar-refractivity contribution in [2.75, 3.05) is 0 Å². The van der Waals surface area contributed by atoms with Gasteiger partial charge in [-0.2, -0.15) is 10.2 Å². The van der Waals surface area contributed by atoms with Crippen LogP contribution < -0.4 is 0 Å². The molecule has 0 fully saturated rings.